The molecule has 0 bridgehead atoms. The van der Waals surface area contributed by atoms with E-state index in [1.54, 1.807) is 0 Å². The first-order valence-corrected chi connectivity index (χ1v) is 13.3. The van der Waals surface area contributed by atoms with Gasteiger partial charge in [0.2, 0.25) is 0 Å². The quantitative estimate of drug-likeness (QED) is 0.394. The minimum atomic E-state index is 0.329. The first-order valence-electron chi connectivity index (χ1n) is 13.3. The van der Waals surface area contributed by atoms with Crippen LogP contribution in [0.15, 0.2) is 72.8 Å². The molecule has 0 atom stereocenters. The van der Waals surface area contributed by atoms with E-state index in [9.17, 15) is 4.79 Å². The summed E-state index contributed by atoms with van der Waals surface area (Å²) in [6.07, 6.45) is 5.03. The second-order valence-electron chi connectivity index (χ2n) is 10.6. The summed E-state index contributed by atoms with van der Waals surface area (Å²) >= 11 is 0. The zero-order valence-electron chi connectivity index (χ0n) is 21.1. The third kappa shape index (κ3) is 6.48. The molecule has 1 fully saturated rings. The summed E-state index contributed by atoms with van der Waals surface area (Å²) in [5.41, 5.74) is 7.81. The topological polar surface area (TPSA) is 23.6 Å². The summed E-state index contributed by atoms with van der Waals surface area (Å²) in [5, 5.41) is 0. The number of piperidine rings is 1. The van der Waals surface area contributed by atoms with Gasteiger partial charge in [0.15, 0.2) is 5.78 Å². The molecule has 182 valence electrons. The van der Waals surface area contributed by atoms with Crippen LogP contribution in [-0.2, 0) is 25.9 Å². The Morgan fingerprint density at radius 3 is 2.20 bits per heavy atom. The highest BCUT2D eigenvalue weighted by Crippen LogP contribution is 2.25. The maximum atomic E-state index is 13.2. The Balaban J connectivity index is 1.12. The number of nitrogens with zero attached hydrogens (tertiary/aromatic N) is 2. The highest BCUT2D eigenvalue weighted by molar-refractivity contribution is 5.96. The fourth-order valence-corrected chi connectivity index (χ4v) is 5.74. The molecule has 0 N–H and O–H groups in total. The van der Waals surface area contributed by atoms with Crippen LogP contribution in [-0.4, -0.2) is 41.8 Å². The van der Waals surface area contributed by atoms with Gasteiger partial charge in [-0.05, 0) is 79.9 Å². The number of benzene rings is 3. The predicted molar refractivity (Wildman–Crippen MR) is 144 cm³/mol. The molecule has 3 aromatic rings. The molecule has 2 aliphatic heterocycles. The van der Waals surface area contributed by atoms with Crippen LogP contribution in [0.2, 0.25) is 0 Å². The van der Waals surface area contributed by atoms with Crippen LogP contribution in [0.1, 0.15) is 57.4 Å². The largest absolute Gasteiger partial charge is 0.299 e. The van der Waals surface area contributed by atoms with E-state index in [4.69, 9.17) is 0 Å². The fraction of sp³-hybridized carbons (Fsp3) is 0.406. The minimum absolute atomic E-state index is 0.329. The Labute approximate surface area is 210 Å². The number of Topliss-reactive ketones (excluding diaryl/α,β-unsaturated/α-hetero) is 1. The summed E-state index contributed by atoms with van der Waals surface area (Å²) in [6, 6.07) is 26.1. The molecule has 0 unspecified atom stereocenters. The molecular formula is C32H38N2O. The SMILES string of the molecule is Cc1cccc(CN2CCC(CC(=O)c3ccc4c(c3)CCN(Cc3ccccc3)CC4)CC2)c1. The van der Waals surface area contributed by atoms with Crippen molar-refractivity contribution in [3.05, 3.63) is 106 Å². The van der Waals surface area contributed by atoms with E-state index < -0.39 is 0 Å². The molecule has 0 saturated carbocycles. The summed E-state index contributed by atoms with van der Waals surface area (Å²) in [4.78, 5) is 18.3. The average molecular weight is 467 g/mol. The Bertz CT molecular complexity index is 1130. The molecule has 0 radical (unpaired) electrons. The van der Waals surface area contributed by atoms with Gasteiger partial charge in [-0.25, -0.2) is 0 Å². The predicted octanol–water partition coefficient (Wildman–Crippen LogP) is 6.08. The average Bonchev–Trinajstić information content (AvgIpc) is 3.08. The molecule has 2 heterocycles. The molecule has 0 aliphatic carbocycles. The summed E-state index contributed by atoms with van der Waals surface area (Å²) in [7, 11) is 0. The molecule has 3 nitrogen and oxygen atoms in total. The minimum Gasteiger partial charge on any atom is -0.299 e. The Kier molecular flexibility index (Phi) is 7.75. The number of likely N-dealkylation sites (tertiary alicyclic amines) is 1. The zero-order valence-corrected chi connectivity index (χ0v) is 21.1. The number of hydrogen-bond acceptors (Lipinski definition) is 3. The molecule has 3 heteroatoms. The lowest BCUT2D eigenvalue weighted by Gasteiger charge is -2.31. The molecular weight excluding hydrogens is 428 g/mol. The van der Waals surface area contributed by atoms with Gasteiger partial charge in [0.1, 0.15) is 0 Å². The van der Waals surface area contributed by atoms with E-state index in [0.29, 0.717) is 18.1 Å². The number of aryl methyl sites for hydroxylation is 1. The number of ketones is 1. The highest BCUT2D eigenvalue weighted by Gasteiger charge is 2.23. The van der Waals surface area contributed by atoms with Gasteiger partial charge in [-0.1, -0.05) is 72.3 Å². The fourth-order valence-electron chi connectivity index (χ4n) is 5.74. The van der Waals surface area contributed by atoms with Crippen molar-refractivity contribution in [3.8, 4) is 0 Å². The van der Waals surface area contributed by atoms with Crippen molar-refractivity contribution in [1.29, 1.82) is 0 Å². The van der Waals surface area contributed by atoms with E-state index >= 15 is 0 Å². The number of fused-ring (bicyclic) bond motifs is 1. The Hall–Kier alpha value is -2.75. The van der Waals surface area contributed by atoms with Crippen molar-refractivity contribution in [2.24, 2.45) is 5.92 Å². The van der Waals surface area contributed by atoms with Gasteiger partial charge in [-0.3, -0.25) is 14.6 Å². The van der Waals surface area contributed by atoms with Gasteiger partial charge in [0.05, 0.1) is 0 Å². The number of hydrogen-bond donors (Lipinski definition) is 0. The maximum Gasteiger partial charge on any atom is 0.163 e. The van der Waals surface area contributed by atoms with Crippen LogP contribution in [0, 0.1) is 12.8 Å². The zero-order chi connectivity index (χ0) is 24.0. The van der Waals surface area contributed by atoms with Crippen molar-refractivity contribution < 1.29 is 4.79 Å². The van der Waals surface area contributed by atoms with E-state index in [2.05, 4.69) is 89.5 Å². The summed E-state index contributed by atoms with van der Waals surface area (Å²) in [6.45, 7) is 8.50. The number of carbonyl (C=O) groups excluding carboxylic acids is 1. The third-order valence-corrected chi connectivity index (χ3v) is 7.84. The van der Waals surface area contributed by atoms with Crippen LogP contribution in [0.4, 0.5) is 0 Å². The number of rotatable bonds is 7. The van der Waals surface area contributed by atoms with E-state index in [1.807, 2.05) is 0 Å². The van der Waals surface area contributed by atoms with Crippen LogP contribution in [0.5, 0.6) is 0 Å². The first-order chi connectivity index (χ1) is 17.1. The molecule has 2 aliphatic rings. The van der Waals surface area contributed by atoms with Crippen molar-refractivity contribution in [2.75, 3.05) is 26.2 Å². The normalized spacial score (nSPS) is 17.6. The van der Waals surface area contributed by atoms with E-state index in [-0.39, 0.29) is 0 Å². The van der Waals surface area contributed by atoms with Gasteiger partial charge in [0.25, 0.3) is 0 Å². The second kappa shape index (κ2) is 11.3. The Morgan fingerprint density at radius 2 is 1.43 bits per heavy atom. The van der Waals surface area contributed by atoms with Crippen molar-refractivity contribution in [1.82, 2.24) is 9.80 Å². The molecule has 0 amide bonds. The van der Waals surface area contributed by atoms with E-state index in [0.717, 1.165) is 70.5 Å². The summed E-state index contributed by atoms with van der Waals surface area (Å²) < 4.78 is 0. The van der Waals surface area contributed by atoms with Crippen LogP contribution in [0.25, 0.3) is 0 Å². The standard InChI is InChI=1S/C32H38N2O/c1-25-6-5-9-28(20-25)24-33-16-12-26(13-17-33)21-32(35)31-11-10-29-14-18-34(19-15-30(29)22-31)23-27-7-3-2-4-8-27/h2-11,20,22,26H,12-19,21,23-24H2,1H3. The molecule has 0 spiro atoms. The van der Waals surface area contributed by atoms with Crippen LogP contribution < -0.4 is 0 Å². The van der Waals surface area contributed by atoms with Crippen molar-refractivity contribution >= 4 is 5.78 Å². The van der Waals surface area contributed by atoms with Crippen molar-refractivity contribution in [3.63, 3.8) is 0 Å². The van der Waals surface area contributed by atoms with Crippen LogP contribution >= 0.6 is 0 Å². The summed E-state index contributed by atoms with van der Waals surface area (Å²) in [5.74, 6) is 0.840. The second-order valence-corrected chi connectivity index (χ2v) is 10.6. The van der Waals surface area contributed by atoms with Crippen molar-refractivity contribution in [2.45, 2.75) is 52.1 Å². The van der Waals surface area contributed by atoms with Gasteiger partial charge in [0, 0.05) is 38.2 Å². The lowest BCUT2D eigenvalue weighted by atomic mass is 9.88. The van der Waals surface area contributed by atoms with Gasteiger partial charge < -0.3 is 0 Å². The highest BCUT2D eigenvalue weighted by atomic mass is 16.1. The molecule has 5 rings (SSSR count). The van der Waals surface area contributed by atoms with Gasteiger partial charge in [-0.15, -0.1) is 0 Å². The van der Waals surface area contributed by atoms with Crippen LogP contribution in [0.3, 0.4) is 0 Å². The van der Waals surface area contributed by atoms with E-state index in [1.165, 1.54) is 27.8 Å². The smallest absolute Gasteiger partial charge is 0.163 e. The lowest BCUT2D eigenvalue weighted by molar-refractivity contribution is 0.0925. The molecule has 0 aromatic heterocycles. The lowest BCUT2D eigenvalue weighted by Crippen LogP contribution is -2.33. The maximum absolute atomic E-state index is 13.2. The monoisotopic (exact) mass is 466 g/mol. The van der Waals surface area contributed by atoms with Gasteiger partial charge >= 0.3 is 0 Å². The third-order valence-electron chi connectivity index (χ3n) is 7.84. The molecule has 35 heavy (non-hydrogen) atoms. The molecule has 3 aromatic carbocycles. The Morgan fingerprint density at radius 1 is 0.743 bits per heavy atom. The molecule has 1 saturated heterocycles. The first kappa shape index (κ1) is 24.0. The van der Waals surface area contributed by atoms with Gasteiger partial charge in [-0.2, -0.15) is 0 Å². The number of carbonyl (C=O) groups is 1.